The molecule has 0 unspecified atom stereocenters. The summed E-state index contributed by atoms with van der Waals surface area (Å²) >= 11 is 0. The number of rotatable bonds is 10. The summed E-state index contributed by atoms with van der Waals surface area (Å²) in [6, 6.07) is 22.4. The summed E-state index contributed by atoms with van der Waals surface area (Å²) in [5.74, 6) is -0.743. The van der Waals surface area contributed by atoms with E-state index in [1.165, 1.54) is 7.11 Å². The van der Waals surface area contributed by atoms with Crippen molar-refractivity contribution in [3.8, 4) is 0 Å². The van der Waals surface area contributed by atoms with E-state index in [-0.39, 0.29) is 5.91 Å². The van der Waals surface area contributed by atoms with Crippen molar-refractivity contribution < 1.29 is 22.7 Å². The minimum absolute atomic E-state index is 0.269. The third kappa shape index (κ3) is 6.65. The fourth-order valence-corrected chi connectivity index (χ4v) is 4.66. The smallest absolute Gasteiger partial charge is 0.337 e. The first kappa shape index (κ1) is 27.1. The van der Waals surface area contributed by atoms with Crippen molar-refractivity contribution in [1.29, 1.82) is 0 Å². The van der Waals surface area contributed by atoms with Gasteiger partial charge in [0.1, 0.15) is 0 Å². The standard InChI is InChI=1S/C28H30N4O5S/c1-32(16-15-29-38(3,35)36)18-19-9-12-22(13-10-19)30-26(20-7-5-4-6-8-20)25-23-14-11-21(28(34)37-2)17-24(23)31-27(25)33/h4-14,17,29-30H,15-16,18H2,1-3H3,(H,31,33)/b26-25-. The van der Waals surface area contributed by atoms with Gasteiger partial charge in [0.15, 0.2) is 0 Å². The van der Waals surface area contributed by atoms with E-state index in [9.17, 15) is 18.0 Å². The number of anilines is 2. The van der Waals surface area contributed by atoms with Crippen molar-refractivity contribution in [3.05, 3.63) is 95.1 Å². The van der Waals surface area contributed by atoms with Crippen LogP contribution in [-0.4, -0.2) is 58.7 Å². The Bertz CT molecular complexity index is 1470. The lowest BCUT2D eigenvalue weighted by atomic mass is 9.99. The van der Waals surface area contributed by atoms with Crippen LogP contribution in [0.1, 0.15) is 27.0 Å². The van der Waals surface area contributed by atoms with Crippen molar-refractivity contribution in [2.45, 2.75) is 6.54 Å². The van der Waals surface area contributed by atoms with Crippen LogP contribution in [0.4, 0.5) is 11.4 Å². The molecule has 38 heavy (non-hydrogen) atoms. The molecule has 1 aliphatic rings. The zero-order chi connectivity index (χ0) is 27.3. The van der Waals surface area contributed by atoms with Crippen LogP contribution < -0.4 is 15.4 Å². The van der Waals surface area contributed by atoms with Gasteiger partial charge in [-0.05, 0) is 42.4 Å². The summed E-state index contributed by atoms with van der Waals surface area (Å²) in [6.07, 6.45) is 1.14. The zero-order valence-electron chi connectivity index (χ0n) is 21.4. The molecule has 0 saturated carbocycles. The van der Waals surface area contributed by atoms with Gasteiger partial charge in [0, 0.05) is 30.9 Å². The van der Waals surface area contributed by atoms with Gasteiger partial charge in [0.25, 0.3) is 5.91 Å². The zero-order valence-corrected chi connectivity index (χ0v) is 22.3. The second kappa shape index (κ2) is 11.6. The number of nitrogens with one attached hydrogen (secondary N) is 3. The Morgan fingerprint density at radius 1 is 1.00 bits per heavy atom. The van der Waals surface area contributed by atoms with Gasteiger partial charge in [-0.25, -0.2) is 17.9 Å². The Labute approximate surface area is 222 Å². The third-order valence-electron chi connectivity index (χ3n) is 6.03. The van der Waals surface area contributed by atoms with Gasteiger partial charge < -0.3 is 20.3 Å². The largest absolute Gasteiger partial charge is 0.465 e. The molecule has 3 N–H and O–H groups in total. The molecule has 4 rings (SSSR count). The summed E-state index contributed by atoms with van der Waals surface area (Å²) in [5, 5.41) is 6.29. The van der Waals surface area contributed by atoms with E-state index in [1.807, 2.05) is 66.5 Å². The number of hydrogen-bond acceptors (Lipinski definition) is 7. The molecular formula is C28H30N4O5S. The maximum absolute atomic E-state index is 13.1. The van der Waals surface area contributed by atoms with Gasteiger partial charge in [0.05, 0.1) is 35.9 Å². The van der Waals surface area contributed by atoms with Crippen molar-refractivity contribution in [2.24, 2.45) is 0 Å². The molecule has 1 aliphatic heterocycles. The normalized spacial score (nSPS) is 14.2. The summed E-state index contributed by atoms with van der Waals surface area (Å²) < 4.78 is 29.8. The summed E-state index contributed by atoms with van der Waals surface area (Å²) in [5.41, 5.74) is 5.41. The Balaban J connectivity index is 1.59. The molecule has 198 valence electrons. The van der Waals surface area contributed by atoms with Crippen LogP contribution in [0.2, 0.25) is 0 Å². The fourth-order valence-electron chi connectivity index (χ4n) is 4.20. The van der Waals surface area contributed by atoms with Gasteiger partial charge in [-0.15, -0.1) is 0 Å². The Kier molecular flexibility index (Phi) is 8.26. The number of benzene rings is 3. The van der Waals surface area contributed by atoms with Crippen LogP contribution in [0.5, 0.6) is 0 Å². The summed E-state index contributed by atoms with van der Waals surface area (Å²) in [6.45, 7) is 1.56. The minimum atomic E-state index is -3.21. The molecule has 0 atom stereocenters. The molecule has 0 aromatic heterocycles. The number of hydrogen-bond donors (Lipinski definition) is 3. The average Bonchev–Trinajstić information content (AvgIpc) is 3.22. The fraction of sp³-hybridized carbons (Fsp3) is 0.214. The first-order valence-corrected chi connectivity index (χ1v) is 13.9. The molecule has 1 amide bonds. The van der Waals surface area contributed by atoms with Crippen LogP contribution in [0.25, 0.3) is 11.3 Å². The molecule has 9 nitrogen and oxygen atoms in total. The number of nitrogens with zero attached hydrogens (tertiary/aromatic N) is 1. The number of carbonyl (C=O) groups excluding carboxylic acids is 2. The molecule has 10 heteroatoms. The van der Waals surface area contributed by atoms with Gasteiger partial charge in [-0.3, -0.25) is 4.79 Å². The number of carbonyl (C=O) groups is 2. The monoisotopic (exact) mass is 534 g/mol. The molecule has 0 spiro atoms. The van der Waals surface area contributed by atoms with Gasteiger partial charge in [-0.2, -0.15) is 0 Å². The third-order valence-corrected chi connectivity index (χ3v) is 6.76. The van der Waals surface area contributed by atoms with Crippen LogP contribution >= 0.6 is 0 Å². The molecule has 0 radical (unpaired) electrons. The predicted octanol–water partition coefficient (Wildman–Crippen LogP) is 3.39. The number of methoxy groups -OCH3 is 1. The first-order valence-electron chi connectivity index (χ1n) is 12.0. The topological polar surface area (TPSA) is 117 Å². The van der Waals surface area contributed by atoms with Crippen LogP contribution in [-0.2, 0) is 26.1 Å². The highest BCUT2D eigenvalue weighted by Crippen LogP contribution is 2.38. The number of fused-ring (bicyclic) bond motifs is 1. The van der Waals surface area contributed by atoms with Crippen molar-refractivity contribution in [1.82, 2.24) is 9.62 Å². The lowest BCUT2D eigenvalue weighted by Crippen LogP contribution is -2.32. The number of amides is 1. The number of ether oxygens (including phenoxy) is 1. The van der Waals surface area contributed by atoms with Crippen molar-refractivity contribution >= 4 is 44.5 Å². The molecule has 0 fully saturated rings. The van der Waals surface area contributed by atoms with E-state index in [0.29, 0.717) is 47.7 Å². The lowest BCUT2D eigenvalue weighted by Gasteiger charge is -2.18. The lowest BCUT2D eigenvalue weighted by molar-refractivity contribution is -0.110. The van der Waals surface area contributed by atoms with Crippen molar-refractivity contribution in [3.63, 3.8) is 0 Å². The van der Waals surface area contributed by atoms with Crippen LogP contribution in [0.15, 0.2) is 72.8 Å². The van der Waals surface area contributed by atoms with Crippen LogP contribution in [0, 0.1) is 0 Å². The van der Waals surface area contributed by atoms with E-state index in [1.54, 1.807) is 18.2 Å². The van der Waals surface area contributed by atoms with E-state index >= 15 is 0 Å². The van der Waals surface area contributed by atoms with E-state index in [0.717, 1.165) is 23.1 Å². The number of sulfonamides is 1. The Morgan fingerprint density at radius 3 is 2.37 bits per heavy atom. The number of likely N-dealkylation sites (N-methyl/N-ethyl adjacent to an activating group) is 1. The quantitative estimate of drug-likeness (QED) is 0.270. The Morgan fingerprint density at radius 2 is 1.71 bits per heavy atom. The molecule has 1 heterocycles. The van der Waals surface area contributed by atoms with Gasteiger partial charge >= 0.3 is 5.97 Å². The summed E-state index contributed by atoms with van der Waals surface area (Å²) in [7, 11) is 0.0343. The SMILES string of the molecule is COC(=O)c1ccc2c(c1)NC(=O)/C2=C(\Nc1ccc(CN(C)CCNS(C)(=O)=O)cc1)c1ccccc1. The average molecular weight is 535 g/mol. The van der Waals surface area contributed by atoms with Gasteiger partial charge in [-0.1, -0.05) is 48.5 Å². The molecule has 0 saturated heterocycles. The molecular weight excluding hydrogens is 504 g/mol. The molecule has 3 aromatic carbocycles. The predicted molar refractivity (Wildman–Crippen MR) is 149 cm³/mol. The van der Waals surface area contributed by atoms with Crippen LogP contribution in [0.3, 0.4) is 0 Å². The first-order chi connectivity index (χ1) is 18.1. The highest BCUT2D eigenvalue weighted by Gasteiger charge is 2.29. The summed E-state index contributed by atoms with van der Waals surface area (Å²) in [4.78, 5) is 27.1. The minimum Gasteiger partial charge on any atom is -0.465 e. The van der Waals surface area contributed by atoms with E-state index in [2.05, 4.69) is 15.4 Å². The maximum Gasteiger partial charge on any atom is 0.337 e. The van der Waals surface area contributed by atoms with Crippen molar-refractivity contribution in [2.75, 3.05) is 44.1 Å². The van der Waals surface area contributed by atoms with E-state index in [4.69, 9.17) is 4.74 Å². The van der Waals surface area contributed by atoms with E-state index < -0.39 is 16.0 Å². The Hall–Kier alpha value is -3.99. The highest BCUT2D eigenvalue weighted by molar-refractivity contribution is 7.88. The molecule has 3 aromatic rings. The number of esters is 1. The molecule has 0 aliphatic carbocycles. The second-order valence-corrected chi connectivity index (χ2v) is 10.9. The second-order valence-electron chi connectivity index (χ2n) is 9.05. The van der Waals surface area contributed by atoms with Gasteiger partial charge in [0.2, 0.25) is 10.0 Å². The molecule has 0 bridgehead atoms. The maximum atomic E-state index is 13.1. The highest BCUT2D eigenvalue weighted by atomic mass is 32.2.